The lowest BCUT2D eigenvalue weighted by molar-refractivity contribution is -0.128. The summed E-state index contributed by atoms with van der Waals surface area (Å²) in [7, 11) is -3.61. The van der Waals surface area contributed by atoms with Crippen LogP contribution in [0.1, 0.15) is 24.5 Å². The zero-order chi connectivity index (χ0) is 27.8. The Morgan fingerprint density at radius 1 is 1.03 bits per heavy atom. The van der Waals surface area contributed by atoms with Crippen molar-refractivity contribution in [2.75, 3.05) is 31.1 Å². The van der Waals surface area contributed by atoms with E-state index in [2.05, 4.69) is 10.0 Å². The SMILES string of the molecule is CCCNS(=O)(=O)c1ccc(OCC(=O)N2C[C@@H](C(=O)NCCc3ccccc3)Oc3ccccc32)c(C)c1. The van der Waals surface area contributed by atoms with Crippen LogP contribution in [0.2, 0.25) is 0 Å². The summed E-state index contributed by atoms with van der Waals surface area (Å²) in [5, 5.41) is 2.90. The molecule has 0 saturated carbocycles. The number of carbonyl (C=O) groups excluding carboxylic acids is 2. The summed E-state index contributed by atoms with van der Waals surface area (Å²) >= 11 is 0. The number of aryl methyl sites for hydroxylation is 1. The van der Waals surface area contributed by atoms with Gasteiger partial charge in [0.15, 0.2) is 12.7 Å². The fourth-order valence-electron chi connectivity index (χ4n) is 4.18. The fourth-order valence-corrected chi connectivity index (χ4v) is 5.40. The highest BCUT2D eigenvalue weighted by molar-refractivity contribution is 7.89. The molecular formula is C29H33N3O6S. The molecule has 206 valence electrons. The van der Waals surface area contributed by atoms with E-state index < -0.39 is 16.1 Å². The van der Waals surface area contributed by atoms with Crippen LogP contribution in [-0.4, -0.2) is 52.6 Å². The van der Waals surface area contributed by atoms with E-state index in [1.165, 1.54) is 17.0 Å². The van der Waals surface area contributed by atoms with Crippen molar-refractivity contribution in [3.8, 4) is 11.5 Å². The van der Waals surface area contributed by atoms with Crippen LogP contribution in [0, 0.1) is 6.92 Å². The molecule has 4 rings (SSSR count). The smallest absolute Gasteiger partial charge is 0.265 e. The summed E-state index contributed by atoms with van der Waals surface area (Å²) in [4.78, 5) is 27.8. The van der Waals surface area contributed by atoms with E-state index in [1.807, 2.05) is 37.3 Å². The minimum absolute atomic E-state index is 0.0373. The van der Waals surface area contributed by atoms with E-state index >= 15 is 0 Å². The number of hydrogen-bond acceptors (Lipinski definition) is 6. The molecule has 0 spiro atoms. The van der Waals surface area contributed by atoms with Gasteiger partial charge in [-0.15, -0.1) is 0 Å². The predicted molar refractivity (Wildman–Crippen MR) is 149 cm³/mol. The molecule has 39 heavy (non-hydrogen) atoms. The third-order valence-electron chi connectivity index (χ3n) is 6.27. The maximum absolute atomic E-state index is 13.3. The number of para-hydroxylation sites is 2. The first-order valence-corrected chi connectivity index (χ1v) is 14.4. The van der Waals surface area contributed by atoms with E-state index in [-0.39, 0.29) is 29.9 Å². The van der Waals surface area contributed by atoms with Gasteiger partial charge in [0.05, 0.1) is 17.1 Å². The lowest BCUT2D eigenvalue weighted by atomic mass is 10.1. The van der Waals surface area contributed by atoms with Gasteiger partial charge in [-0.25, -0.2) is 13.1 Å². The number of benzene rings is 3. The lowest BCUT2D eigenvalue weighted by Crippen LogP contribution is -2.52. The Balaban J connectivity index is 1.40. The summed E-state index contributed by atoms with van der Waals surface area (Å²) in [6.45, 7) is 4.14. The molecule has 1 aliphatic rings. The number of nitrogens with one attached hydrogen (secondary N) is 2. The van der Waals surface area contributed by atoms with Gasteiger partial charge in [0.25, 0.3) is 11.8 Å². The van der Waals surface area contributed by atoms with Crippen LogP contribution in [0.4, 0.5) is 5.69 Å². The number of carbonyl (C=O) groups is 2. The lowest BCUT2D eigenvalue weighted by Gasteiger charge is -2.34. The summed E-state index contributed by atoms with van der Waals surface area (Å²) in [5.41, 5.74) is 2.25. The molecule has 0 saturated heterocycles. The van der Waals surface area contributed by atoms with Crippen LogP contribution in [0.3, 0.4) is 0 Å². The Labute approximate surface area is 229 Å². The van der Waals surface area contributed by atoms with Crippen LogP contribution in [0.25, 0.3) is 0 Å². The third kappa shape index (κ3) is 7.15. The largest absolute Gasteiger partial charge is 0.483 e. The molecule has 1 atom stereocenters. The Hall–Kier alpha value is -3.89. The third-order valence-corrected chi connectivity index (χ3v) is 7.73. The first-order chi connectivity index (χ1) is 18.8. The molecular weight excluding hydrogens is 518 g/mol. The molecule has 0 unspecified atom stereocenters. The van der Waals surface area contributed by atoms with Crippen molar-refractivity contribution in [3.05, 3.63) is 83.9 Å². The average molecular weight is 552 g/mol. The number of ether oxygens (including phenoxy) is 2. The predicted octanol–water partition coefficient (Wildman–Crippen LogP) is 3.22. The normalized spacial score (nSPS) is 14.7. The van der Waals surface area contributed by atoms with Crippen molar-refractivity contribution in [1.29, 1.82) is 0 Å². The van der Waals surface area contributed by atoms with Gasteiger partial charge in [-0.1, -0.05) is 49.4 Å². The Morgan fingerprint density at radius 3 is 2.51 bits per heavy atom. The maximum atomic E-state index is 13.3. The van der Waals surface area contributed by atoms with E-state index in [4.69, 9.17) is 9.47 Å². The zero-order valence-corrected chi connectivity index (χ0v) is 22.9. The summed E-state index contributed by atoms with van der Waals surface area (Å²) in [6, 6.07) is 21.4. The minimum atomic E-state index is -3.61. The number of amides is 2. The van der Waals surface area contributed by atoms with Crippen LogP contribution >= 0.6 is 0 Å². The highest BCUT2D eigenvalue weighted by Crippen LogP contribution is 2.33. The monoisotopic (exact) mass is 551 g/mol. The van der Waals surface area contributed by atoms with Gasteiger partial charge < -0.3 is 19.7 Å². The molecule has 3 aromatic rings. The summed E-state index contributed by atoms with van der Waals surface area (Å²) in [6.07, 6.45) is 0.490. The molecule has 0 aromatic heterocycles. The number of hydrogen-bond donors (Lipinski definition) is 2. The maximum Gasteiger partial charge on any atom is 0.265 e. The Bertz CT molecular complexity index is 1410. The second-order valence-electron chi connectivity index (χ2n) is 9.22. The average Bonchev–Trinajstić information content (AvgIpc) is 2.95. The molecule has 3 aromatic carbocycles. The molecule has 10 heteroatoms. The standard InChI is InChI=1S/C29H33N3O6S/c1-3-16-31-39(35,36)23-13-14-25(21(2)18-23)37-20-28(33)32-19-27(38-26-12-8-7-11-24(26)32)29(34)30-17-15-22-9-5-4-6-10-22/h4-14,18,27,31H,3,15-17,19-20H2,1-2H3,(H,30,34)/t27-/m0/s1. The quantitative estimate of drug-likeness (QED) is 0.378. The van der Waals surface area contributed by atoms with Crippen LogP contribution < -0.4 is 24.4 Å². The molecule has 2 amide bonds. The van der Waals surface area contributed by atoms with Gasteiger partial charge in [-0.05, 0) is 61.2 Å². The first-order valence-electron chi connectivity index (χ1n) is 12.9. The molecule has 2 N–H and O–H groups in total. The van der Waals surface area contributed by atoms with E-state index in [9.17, 15) is 18.0 Å². The van der Waals surface area contributed by atoms with Crippen LogP contribution in [0.15, 0.2) is 77.7 Å². The number of nitrogens with zero attached hydrogens (tertiary/aromatic N) is 1. The van der Waals surface area contributed by atoms with Gasteiger partial charge in [0.1, 0.15) is 11.5 Å². The molecule has 0 radical (unpaired) electrons. The van der Waals surface area contributed by atoms with Gasteiger partial charge in [0, 0.05) is 13.1 Å². The van der Waals surface area contributed by atoms with Crippen molar-refractivity contribution in [3.63, 3.8) is 0 Å². The molecule has 0 fully saturated rings. The highest BCUT2D eigenvalue weighted by Gasteiger charge is 2.33. The van der Waals surface area contributed by atoms with E-state index in [0.29, 0.717) is 48.7 Å². The summed E-state index contributed by atoms with van der Waals surface area (Å²) < 4.78 is 39.1. The topological polar surface area (TPSA) is 114 Å². The van der Waals surface area contributed by atoms with Gasteiger partial charge in [-0.2, -0.15) is 0 Å². The van der Waals surface area contributed by atoms with Gasteiger partial charge in [-0.3, -0.25) is 9.59 Å². The zero-order valence-electron chi connectivity index (χ0n) is 22.1. The Morgan fingerprint density at radius 2 is 1.77 bits per heavy atom. The van der Waals surface area contributed by atoms with Crippen LogP contribution in [0.5, 0.6) is 11.5 Å². The molecule has 0 bridgehead atoms. The molecule has 1 heterocycles. The van der Waals surface area contributed by atoms with Crippen molar-refractivity contribution >= 4 is 27.5 Å². The number of sulfonamides is 1. The highest BCUT2D eigenvalue weighted by atomic mass is 32.2. The second kappa shape index (κ2) is 12.8. The second-order valence-corrected chi connectivity index (χ2v) is 11.0. The van der Waals surface area contributed by atoms with Crippen molar-refractivity contribution < 1.29 is 27.5 Å². The van der Waals surface area contributed by atoms with Crippen molar-refractivity contribution in [2.24, 2.45) is 0 Å². The van der Waals surface area contributed by atoms with Crippen molar-refractivity contribution in [2.45, 2.75) is 37.7 Å². The van der Waals surface area contributed by atoms with Gasteiger partial charge >= 0.3 is 0 Å². The molecule has 9 nitrogen and oxygen atoms in total. The number of rotatable bonds is 11. The molecule has 0 aliphatic carbocycles. The Kier molecular flexibility index (Phi) is 9.21. The number of fused-ring (bicyclic) bond motifs is 1. The van der Waals surface area contributed by atoms with E-state index in [1.54, 1.807) is 37.3 Å². The van der Waals surface area contributed by atoms with Gasteiger partial charge in [0.2, 0.25) is 10.0 Å². The number of anilines is 1. The van der Waals surface area contributed by atoms with E-state index in [0.717, 1.165) is 5.56 Å². The molecule has 1 aliphatic heterocycles. The van der Waals surface area contributed by atoms with Crippen molar-refractivity contribution in [1.82, 2.24) is 10.0 Å². The van der Waals surface area contributed by atoms with Crippen LogP contribution in [-0.2, 0) is 26.0 Å². The first kappa shape index (κ1) is 28.1. The minimum Gasteiger partial charge on any atom is -0.483 e. The fraction of sp³-hybridized carbons (Fsp3) is 0.310. The summed E-state index contributed by atoms with van der Waals surface area (Å²) in [5.74, 6) is 0.178.